The molecule has 1 aromatic carbocycles. The van der Waals surface area contributed by atoms with Crippen molar-refractivity contribution in [2.75, 3.05) is 5.32 Å². The van der Waals surface area contributed by atoms with Gasteiger partial charge in [0.15, 0.2) is 0 Å². The van der Waals surface area contributed by atoms with Crippen LogP contribution in [0.1, 0.15) is 22.8 Å². The van der Waals surface area contributed by atoms with Crippen LogP contribution < -0.4 is 5.32 Å². The van der Waals surface area contributed by atoms with E-state index in [1.54, 1.807) is 36.8 Å². The van der Waals surface area contributed by atoms with Crippen molar-refractivity contribution in [3.05, 3.63) is 47.9 Å². The van der Waals surface area contributed by atoms with Crippen molar-refractivity contribution in [2.45, 2.75) is 13.3 Å². The number of aryl methyl sites for hydroxylation is 1. The predicted octanol–water partition coefficient (Wildman–Crippen LogP) is 2.17. The number of carbonyl (C=O) groups excluding carboxylic acids is 1. The van der Waals surface area contributed by atoms with Gasteiger partial charge in [0.05, 0.1) is 17.2 Å². The molecule has 0 unspecified atom stereocenters. The highest BCUT2D eigenvalue weighted by molar-refractivity contribution is 6.05. The third-order valence-electron chi connectivity index (χ3n) is 3.07. The first-order valence-corrected chi connectivity index (χ1v) is 6.32. The molecule has 0 bridgehead atoms. The number of hydrogen-bond donors (Lipinski definition) is 2. The van der Waals surface area contributed by atoms with E-state index < -0.39 is 0 Å². The maximum atomic E-state index is 12.2. The Morgan fingerprint density at radius 3 is 2.85 bits per heavy atom. The van der Waals surface area contributed by atoms with Gasteiger partial charge in [-0.3, -0.25) is 19.9 Å². The summed E-state index contributed by atoms with van der Waals surface area (Å²) >= 11 is 0. The van der Waals surface area contributed by atoms with Crippen LogP contribution in [0.3, 0.4) is 0 Å². The van der Waals surface area contributed by atoms with Crippen LogP contribution in [0.5, 0.6) is 0 Å². The van der Waals surface area contributed by atoms with Gasteiger partial charge in [-0.05, 0) is 24.6 Å². The van der Waals surface area contributed by atoms with Crippen molar-refractivity contribution < 1.29 is 4.79 Å². The van der Waals surface area contributed by atoms with Crippen molar-refractivity contribution >= 4 is 22.8 Å². The molecule has 100 valence electrons. The third-order valence-corrected chi connectivity index (χ3v) is 3.07. The highest BCUT2D eigenvalue weighted by Gasteiger charge is 2.11. The molecule has 3 aromatic rings. The fourth-order valence-corrected chi connectivity index (χ4v) is 1.98. The number of hydrogen-bond acceptors (Lipinski definition) is 4. The molecule has 0 aliphatic rings. The molecule has 0 radical (unpaired) electrons. The Balaban J connectivity index is 1.89. The van der Waals surface area contributed by atoms with Crippen molar-refractivity contribution in [1.29, 1.82) is 0 Å². The molecule has 0 aliphatic heterocycles. The number of fused-ring (bicyclic) bond motifs is 1. The summed E-state index contributed by atoms with van der Waals surface area (Å²) in [5, 5.41) is 9.53. The molecule has 6 nitrogen and oxygen atoms in total. The van der Waals surface area contributed by atoms with E-state index in [4.69, 9.17) is 0 Å². The van der Waals surface area contributed by atoms with E-state index in [2.05, 4.69) is 25.5 Å². The second kappa shape index (κ2) is 5.08. The summed E-state index contributed by atoms with van der Waals surface area (Å²) in [5.41, 5.74) is 2.97. The zero-order valence-corrected chi connectivity index (χ0v) is 10.9. The number of aromatic nitrogens is 4. The Bertz CT molecular complexity index is 765. The fourth-order valence-electron chi connectivity index (χ4n) is 1.98. The van der Waals surface area contributed by atoms with Crippen LogP contribution in [0.15, 0.2) is 36.8 Å². The lowest BCUT2D eigenvalue weighted by molar-refractivity contribution is 0.102. The quantitative estimate of drug-likeness (QED) is 0.761. The van der Waals surface area contributed by atoms with Gasteiger partial charge < -0.3 is 5.32 Å². The van der Waals surface area contributed by atoms with E-state index in [9.17, 15) is 4.79 Å². The summed E-state index contributed by atoms with van der Waals surface area (Å²) in [5.74, 6) is 0.438. The van der Waals surface area contributed by atoms with Crippen molar-refractivity contribution in [3.8, 4) is 0 Å². The van der Waals surface area contributed by atoms with E-state index in [1.807, 2.05) is 6.92 Å². The second-order valence-corrected chi connectivity index (χ2v) is 4.34. The minimum atomic E-state index is -0.198. The van der Waals surface area contributed by atoms with Crippen LogP contribution in [0, 0.1) is 0 Å². The van der Waals surface area contributed by atoms with E-state index in [1.165, 1.54) is 0 Å². The SMILES string of the molecule is CCc1cn[nH]c1NC(=O)c1ccc2nccnc2c1. The Labute approximate surface area is 115 Å². The van der Waals surface area contributed by atoms with Gasteiger partial charge in [0.25, 0.3) is 5.91 Å². The van der Waals surface area contributed by atoms with Crippen LogP contribution in [-0.2, 0) is 6.42 Å². The maximum absolute atomic E-state index is 12.2. The highest BCUT2D eigenvalue weighted by Crippen LogP contribution is 2.15. The van der Waals surface area contributed by atoms with Crippen molar-refractivity contribution in [3.63, 3.8) is 0 Å². The number of amides is 1. The Hall–Kier alpha value is -2.76. The summed E-state index contributed by atoms with van der Waals surface area (Å²) in [6.07, 6.45) is 5.74. The first kappa shape index (κ1) is 12.3. The molecule has 2 aromatic heterocycles. The molecule has 0 spiro atoms. The van der Waals surface area contributed by atoms with Crippen LogP contribution >= 0.6 is 0 Å². The fraction of sp³-hybridized carbons (Fsp3) is 0.143. The normalized spacial score (nSPS) is 10.7. The molecule has 1 amide bonds. The monoisotopic (exact) mass is 267 g/mol. The molecular formula is C14H13N5O. The van der Waals surface area contributed by atoms with Crippen molar-refractivity contribution in [1.82, 2.24) is 20.2 Å². The van der Waals surface area contributed by atoms with Crippen LogP contribution in [0.2, 0.25) is 0 Å². The Morgan fingerprint density at radius 2 is 2.05 bits per heavy atom. The predicted molar refractivity (Wildman–Crippen MR) is 75.5 cm³/mol. The number of rotatable bonds is 3. The summed E-state index contributed by atoms with van der Waals surface area (Å²) < 4.78 is 0. The molecule has 6 heteroatoms. The molecular weight excluding hydrogens is 254 g/mol. The maximum Gasteiger partial charge on any atom is 0.256 e. The number of carbonyl (C=O) groups is 1. The number of nitrogens with one attached hydrogen (secondary N) is 2. The van der Waals surface area contributed by atoms with Crippen molar-refractivity contribution in [2.24, 2.45) is 0 Å². The minimum Gasteiger partial charge on any atom is -0.307 e. The minimum absolute atomic E-state index is 0.198. The third kappa shape index (κ3) is 2.23. The smallest absolute Gasteiger partial charge is 0.256 e. The summed E-state index contributed by atoms with van der Waals surface area (Å²) in [6.45, 7) is 2.01. The summed E-state index contributed by atoms with van der Waals surface area (Å²) in [4.78, 5) is 20.6. The van der Waals surface area contributed by atoms with Gasteiger partial charge in [-0.25, -0.2) is 0 Å². The average molecular weight is 267 g/mol. The van der Waals surface area contributed by atoms with Gasteiger partial charge in [0.2, 0.25) is 0 Å². The Kier molecular flexibility index (Phi) is 3.12. The molecule has 2 heterocycles. The molecule has 20 heavy (non-hydrogen) atoms. The molecule has 3 rings (SSSR count). The van der Waals surface area contributed by atoms with Crippen LogP contribution in [-0.4, -0.2) is 26.1 Å². The van der Waals surface area contributed by atoms with Gasteiger partial charge in [0, 0.05) is 23.5 Å². The molecule has 0 saturated heterocycles. The Morgan fingerprint density at radius 1 is 1.25 bits per heavy atom. The second-order valence-electron chi connectivity index (χ2n) is 4.34. The van der Waals surface area contributed by atoms with Gasteiger partial charge >= 0.3 is 0 Å². The first-order valence-electron chi connectivity index (χ1n) is 6.32. The van der Waals surface area contributed by atoms with E-state index in [0.717, 1.165) is 17.5 Å². The zero-order chi connectivity index (χ0) is 13.9. The lowest BCUT2D eigenvalue weighted by atomic mass is 10.1. The standard InChI is InChI=1S/C14H13N5O/c1-2-9-8-17-19-13(9)18-14(20)10-3-4-11-12(7-10)16-6-5-15-11/h3-8H,2H2,1H3,(H2,17,18,19,20). The van der Waals surface area contributed by atoms with E-state index in [-0.39, 0.29) is 5.91 Å². The number of aromatic amines is 1. The molecule has 0 saturated carbocycles. The number of anilines is 1. The van der Waals surface area contributed by atoms with E-state index >= 15 is 0 Å². The number of H-pyrrole nitrogens is 1. The summed E-state index contributed by atoms with van der Waals surface area (Å²) in [7, 11) is 0. The van der Waals surface area contributed by atoms with Gasteiger partial charge in [-0.2, -0.15) is 5.10 Å². The first-order chi connectivity index (χ1) is 9.78. The van der Waals surface area contributed by atoms with Crippen LogP contribution in [0.25, 0.3) is 11.0 Å². The molecule has 2 N–H and O–H groups in total. The number of nitrogens with zero attached hydrogens (tertiary/aromatic N) is 3. The molecule has 0 fully saturated rings. The largest absolute Gasteiger partial charge is 0.307 e. The topological polar surface area (TPSA) is 83.6 Å². The molecule has 0 aliphatic carbocycles. The lowest BCUT2D eigenvalue weighted by Gasteiger charge is -2.05. The van der Waals surface area contributed by atoms with Gasteiger partial charge in [-0.1, -0.05) is 6.92 Å². The molecule has 0 atom stereocenters. The van der Waals surface area contributed by atoms with E-state index in [0.29, 0.717) is 16.9 Å². The number of benzene rings is 1. The average Bonchev–Trinajstić information content (AvgIpc) is 2.94. The van der Waals surface area contributed by atoms with Crippen LogP contribution in [0.4, 0.5) is 5.82 Å². The zero-order valence-electron chi connectivity index (χ0n) is 10.9. The summed E-state index contributed by atoms with van der Waals surface area (Å²) in [6, 6.07) is 5.24. The highest BCUT2D eigenvalue weighted by atomic mass is 16.1. The van der Waals surface area contributed by atoms with Gasteiger partial charge in [-0.15, -0.1) is 0 Å². The lowest BCUT2D eigenvalue weighted by Crippen LogP contribution is -2.13. The van der Waals surface area contributed by atoms with Gasteiger partial charge in [0.1, 0.15) is 5.82 Å².